The first kappa shape index (κ1) is 17.2. The zero-order chi connectivity index (χ0) is 17.6. The maximum Gasteiger partial charge on any atom is 0.164 e. The summed E-state index contributed by atoms with van der Waals surface area (Å²) in [5, 5.41) is 13.1. The van der Waals surface area contributed by atoms with Gasteiger partial charge in [0.15, 0.2) is 5.69 Å². The lowest BCUT2D eigenvalue weighted by molar-refractivity contribution is 0.340. The maximum atomic E-state index is 9.69. The summed E-state index contributed by atoms with van der Waals surface area (Å²) >= 11 is 0. The summed E-state index contributed by atoms with van der Waals surface area (Å²) in [7, 11) is 0. The highest BCUT2D eigenvalue weighted by atomic mass is 16.5. The molecule has 25 heavy (non-hydrogen) atoms. The van der Waals surface area contributed by atoms with Gasteiger partial charge in [-0.1, -0.05) is 6.92 Å². The second kappa shape index (κ2) is 7.95. The third kappa shape index (κ3) is 3.57. The molecule has 130 valence electrons. The van der Waals surface area contributed by atoms with Crippen molar-refractivity contribution >= 4 is 5.69 Å². The van der Waals surface area contributed by atoms with Gasteiger partial charge in [-0.15, -0.1) is 0 Å². The van der Waals surface area contributed by atoms with E-state index in [2.05, 4.69) is 33.2 Å². The molecule has 1 aliphatic heterocycles. The molecule has 0 aromatic carbocycles. The third-order valence-electron chi connectivity index (χ3n) is 4.44. The molecule has 1 atom stereocenters. The predicted molar refractivity (Wildman–Crippen MR) is 97.6 cm³/mol. The first-order valence-electron chi connectivity index (χ1n) is 8.74. The Bertz CT molecular complexity index is 756. The van der Waals surface area contributed by atoms with E-state index in [-0.39, 0.29) is 0 Å². The number of hydrogen-bond donors (Lipinski definition) is 1. The molecule has 1 saturated heterocycles. The molecule has 0 unspecified atom stereocenters. The minimum absolute atomic E-state index is 0.348. The average molecular weight is 337 g/mol. The number of nitrogens with zero attached hydrogens (tertiary/aromatic N) is 4. The van der Waals surface area contributed by atoms with Crippen molar-refractivity contribution in [3.8, 4) is 23.1 Å². The van der Waals surface area contributed by atoms with Gasteiger partial charge < -0.3 is 15.0 Å². The number of rotatable bonds is 5. The second-order valence-electron chi connectivity index (χ2n) is 5.95. The van der Waals surface area contributed by atoms with Crippen molar-refractivity contribution in [2.24, 2.45) is 0 Å². The van der Waals surface area contributed by atoms with Crippen LogP contribution in [0.2, 0.25) is 0 Å². The average Bonchev–Trinajstić information content (AvgIpc) is 2.68. The quantitative estimate of drug-likeness (QED) is 0.904. The summed E-state index contributed by atoms with van der Waals surface area (Å²) < 4.78 is 5.85. The molecule has 0 aliphatic carbocycles. The Balaban J connectivity index is 2.10. The molecule has 3 heterocycles. The molecule has 0 amide bonds. The van der Waals surface area contributed by atoms with Crippen LogP contribution in [-0.4, -0.2) is 42.3 Å². The Hall–Kier alpha value is -2.65. The van der Waals surface area contributed by atoms with Crippen LogP contribution in [0.4, 0.5) is 5.69 Å². The Labute approximate surface area is 148 Å². The molecule has 0 bridgehead atoms. The largest absolute Gasteiger partial charge is 0.492 e. The standard InChI is InChI=1S/C19H23N5O/c1-3-15-13-22-8-9-24(15)17-10-18(25-4-2)19(23-16(17)11-20)14-6-5-7-21-12-14/h5-7,10,12,15,22H,3-4,8-9,13H2,1-2H3/t15-/m1/s1. The zero-order valence-corrected chi connectivity index (χ0v) is 14.7. The SMILES string of the molecule is CCOc1cc(N2CCNC[C@H]2CC)c(C#N)nc1-c1cccnc1. The highest BCUT2D eigenvalue weighted by molar-refractivity contribution is 5.72. The molecule has 1 aliphatic rings. The van der Waals surface area contributed by atoms with Crippen LogP contribution in [0.25, 0.3) is 11.3 Å². The molecular formula is C19H23N5O. The molecule has 2 aromatic heterocycles. The Kier molecular flexibility index (Phi) is 5.46. The summed E-state index contributed by atoms with van der Waals surface area (Å²) in [6.45, 7) is 7.32. The second-order valence-corrected chi connectivity index (χ2v) is 5.95. The van der Waals surface area contributed by atoms with Crippen LogP contribution in [0.15, 0.2) is 30.6 Å². The number of anilines is 1. The Morgan fingerprint density at radius 3 is 3.00 bits per heavy atom. The van der Waals surface area contributed by atoms with Gasteiger partial charge in [0.1, 0.15) is 17.5 Å². The molecule has 1 N–H and O–H groups in total. The van der Waals surface area contributed by atoms with E-state index < -0.39 is 0 Å². The van der Waals surface area contributed by atoms with E-state index in [1.165, 1.54) is 0 Å². The number of nitrogens with one attached hydrogen (secondary N) is 1. The summed E-state index contributed by atoms with van der Waals surface area (Å²) in [5.74, 6) is 0.692. The van der Waals surface area contributed by atoms with Gasteiger partial charge in [0.25, 0.3) is 0 Å². The molecule has 0 saturated carbocycles. The van der Waals surface area contributed by atoms with Crippen LogP contribution in [0.3, 0.4) is 0 Å². The number of pyridine rings is 2. The lowest BCUT2D eigenvalue weighted by Crippen LogP contribution is -2.51. The van der Waals surface area contributed by atoms with Crippen molar-refractivity contribution in [1.29, 1.82) is 5.26 Å². The number of ether oxygens (including phenoxy) is 1. The van der Waals surface area contributed by atoms with Gasteiger partial charge in [0.2, 0.25) is 0 Å². The van der Waals surface area contributed by atoms with Gasteiger partial charge >= 0.3 is 0 Å². The van der Waals surface area contributed by atoms with E-state index in [0.717, 1.165) is 37.3 Å². The zero-order valence-electron chi connectivity index (χ0n) is 14.7. The minimum atomic E-state index is 0.348. The third-order valence-corrected chi connectivity index (χ3v) is 4.44. The van der Waals surface area contributed by atoms with Crippen LogP contribution in [-0.2, 0) is 0 Å². The first-order valence-corrected chi connectivity index (χ1v) is 8.74. The normalized spacial score (nSPS) is 17.2. The van der Waals surface area contributed by atoms with E-state index in [9.17, 15) is 5.26 Å². The molecule has 6 nitrogen and oxygen atoms in total. The van der Waals surface area contributed by atoms with Crippen LogP contribution >= 0.6 is 0 Å². The van der Waals surface area contributed by atoms with Crippen molar-refractivity contribution in [3.63, 3.8) is 0 Å². The highest BCUT2D eigenvalue weighted by Crippen LogP contribution is 2.34. The monoisotopic (exact) mass is 337 g/mol. The Morgan fingerprint density at radius 2 is 2.32 bits per heavy atom. The molecule has 1 fully saturated rings. The van der Waals surface area contributed by atoms with Gasteiger partial charge in [-0.25, -0.2) is 4.98 Å². The summed E-state index contributed by atoms with van der Waals surface area (Å²) in [6, 6.07) is 8.37. The van der Waals surface area contributed by atoms with Crippen molar-refractivity contribution in [1.82, 2.24) is 15.3 Å². The number of aromatic nitrogens is 2. The topological polar surface area (TPSA) is 74.1 Å². The van der Waals surface area contributed by atoms with Gasteiger partial charge in [0.05, 0.1) is 12.3 Å². The van der Waals surface area contributed by atoms with E-state index in [4.69, 9.17) is 4.74 Å². The van der Waals surface area contributed by atoms with Crippen molar-refractivity contribution in [3.05, 3.63) is 36.3 Å². The fraction of sp³-hybridized carbons (Fsp3) is 0.421. The molecular weight excluding hydrogens is 314 g/mol. The van der Waals surface area contributed by atoms with Crippen molar-refractivity contribution < 1.29 is 4.74 Å². The fourth-order valence-corrected chi connectivity index (χ4v) is 3.20. The van der Waals surface area contributed by atoms with Crippen LogP contribution in [0, 0.1) is 11.3 Å². The van der Waals surface area contributed by atoms with E-state index in [0.29, 0.717) is 29.8 Å². The van der Waals surface area contributed by atoms with Crippen molar-refractivity contribution in [2.75, 3.05) is 31.1 Å². The molecule has 6 heteroatoms. The number of nitriles is 1. The molecule has 3 rings (SSSR count). The smallest absolute Gasteiger partial charge is 0.164 e. The minimum Gasteiger partial charge on any atom is -0.492 e. The van der Waals surface area contributed by atoms with Crippen LogP contribution in [0.5, 0.6) is 5.75 Å². The van der Waals surface area contributed by atoms with Crippen LogP contribution in [0.1, 0.15) is 26.0 Å². The summed E-state index contributed by atoms with van der Waals surface area (Å²) in [4.78, 5) is 11.1. The highest BCUT2D eigenvalue weighted by Gasteiger charge is 2.25. The maximum absolute atomic E-state index is 9.69. The van der Waals surface area contributed by atoms with E-state index >= 15 is 0 Å². The van der Waals surface area contributed by atoms with Gasteiger partial charge in [-0.2, -0.15) is 5.26 Å². The number of piperazine rings is 1. The summed E-state index contributed by atoms with van der Waals surface area (Å²) in [6.07, 6.45) is 4.47. The van der Waals surface area contributed by atoms with Gasteiger partial charge in [-0.3, -0.25) is 4.98 Å². The summed E-state index contributed by atoms with van der Waals surface area (Å²) in [5.41, 5.74) is 2.80. The number of hydrogen-bond acceptors (Lipinski definition) is 6. The van der Waals surface area contributed by atoms with Gasteiger partial charge in [-0.05, 0) is 25.5 Å². The van der Waals surface area contributed by atoms with Crippen molar-refractivity contribution in [2.45, 2.75) is 26.3 Å². The van der Waals surface area contributed by atoms with E-state index in [1.807, 2.05) is 25.1 Å². The molecule has 0 spiro atoms. The lowest BCUT2D eigenvalue weighted by atomic mass is 10.1. The first-order chi connectivity index (χ1) is 12.3. The molecule has 0 radical (unpaired) electrons. The predicted octanol–water partition coefficient (Wildman–Crippen LogP) is 2.60. The van der Waals surface area contributed by atoms with Gasteiger partial charge in [0, 0.05) is 49.7 Å². The Morgan fingerprint density at radius 1 is 1.44 bits per heavy atom. The van der Waals surface area contributed by atoms with Crippen LogP contribution < -0.4 is 15.0 Å². The lowest BCUT2D eigenvalue weighted by Gasteiger charge is -2.38. The van der Waals surface area contributed by atoms with E-state index in [1.54, 1.807) is 12.4 Å². The fourth-order valence-electron chi connectivity index (χ4n) is 3.20. The molecule has 2 aromatic rings.